The Labute approximate surface area is 97.4 Å². The predicted octanol–water partition coefficient (Wildman–Crippen LogP) is 2.20. The normalized spacial score (nSPS) is 17.7. The van der Waals surface area contributed by atoms with Crippen LogP contribution in [0.3, 0.4) is 0 Å². The van der Waals surface area contributed by atoms with E-state index in [2.05, 4.69) is 40.7 Å². The molecule has 1 aliphatic rings. The summed E-state index contributed by atoms with van der Waals surface area (Å²) >= 11 is 0. The molecular formula is C13H20N2O. The number of piperidine rings is 1. The van der Waals surface area contributed by atoms with Crippen molar-refractivity contribution in [2.45, 2.75) is 25.8 Å². The topological polar surface area (TPSA) is 24.5 Å². The Morgan fingerprint density at radius 3 is 2.56 bits per heavy atom. The van der Waals surface area contributed by atoms with Crippen molar-refractivity contribution < 1.29 is 4.84 Å². The summed E-state index contributed by atoms with van der Waals surface area (Å²) in [7, 11) is 0. The zero-order valence-corrected chi connectivity index (χ0v) is 9.86. The number of para-hydroxylation sites is 1. The highest BCUT2D eigenvalue weighted by atomic mass is 16.6. The zero-order chi connectivity index (χ0) is 11.2. The number of nitrogens with one attached hydrogen (secondary N) is 1. The maximum Gasteiger partial charge on any atom is 0.0654 e. The Bertz CT molecular complexity index is 294. The van der Waals surface area contributed by atoms with Crippen molar-refractivity contribution in [1.29, 1.82) is 0 Å². The van der Waals surface area contributed by atoms with Gasteiger partial charge in [-0.2, -0.15) is 5.48 Å². The number of hydrogen-bond acceptors (Lipinski definition) is 3. The Balaban J connectivity index is 1.81. The maximum absolute atomic E-state index is 5.25. The van der Waals surface area contributed by atoms with Gasteiger partial charge in [-0.15, -0.1) is 0 Å². The first-order valence-corrected chi connectivity index (χ1v) is 6.07. The van der Waals surface area contributed by atoms with Gasteiger partial charge in [0.15, 0.2) is 0 Å². The van der Waals surface area contributed by atoms with Crippen molar-refractivity contribution in [2.24, 2.45) is 0 Å². The Morgan fingerprint density at radius 2 is 1.94 bits per heavy atom. The summed E-state index contributed by atoms with van der Waals surface area (Å²) in [6.07, 6.45) is 2.30. The lowest BCUT2D eigenvalue weighted by molar-refractivity contribution is 0.0186. The first-order valence-electron chi connectivity index (χ1n) is 6.07. The molecule has 1 aromatic carbocycles. The molecule has 16 heavy (non-hydrogen) atoms. The van der Waals surface area contributed by atoms with Gasteiger partial charge < -0.3 is 9.74 Å². The highest BCUT2D eigenvalue weighted by Gasteiger charge is 2.18. The minimum atomic E-state index is 0.514. The first-order chi connectivity index (χ1) is 7.90. The van der Waals surface area contributed by atoms with E-state index in [4.69, 9.17) is 4.84 Å². The quantitative estimate of drug-likeness (QED) is 0.787. The van der Waals surface area contributed by atoms with Gasteiger partial charge in [0.25, 0.3) is 0 Å². The molecule has 0 aromatic heterocycles. The first kappa shape index (κ1) is 11.4. The van der Waals surface area contributed by atoms with Crippen LogP contribution in [0.25, 0.3) is 0 Å². The van der Waals surface area contributed by atoms with E-state index in [1.54, 1.807) is 0 Å². The molecule has 0 amide bonds. The van der Waals surface area contributed by atoms with Gasteiger partial charge in [-0.25, -0.2) is 0 Å². The van der Waals surface area contributed by atoms with Crippen LogP contribution in [0.1, 0.15) is 19.8 Å². The Kier molecular flexibility index (Phi) is 4.19. The van der Waals surface area contributed by atoms with Gasteiger partial charge in [-0.3, -0.25) is 0 Å². The lowest BCUT2D eigenvalue weighted by Gasteiger charge is -2.33. The average Bonchev–Trinajstić information content (AvgIpc) is 2.38. The van der Waals surface area contributed by atoms with Crippen molar-refractivity contribution in [3.63, 3.8) is 0 Å². The molecule has 1 N–H and O–H groups in total. The van der Waals surface area contributed by atoms with E-state index >= 15 is 0 Å². The van der Waals surface area contributed by atoms with Gasteiger partial charge >= 0.3 is 0 Å². The third-order valence-corrected chi connectivity index (χ3v) is 3.01. The monoisotopic (exact) mass is 220 g/mol. The number of hydroxylamine groups is 1. The molecular weight excluding hydrogens is 200 g/mol. The molecule has 0 radical (unpaired) electrons. The smallest absolute Gasteiger partial charge is 0.0654 e. The third kappa shape index (κ3) is 2.97. The number of benzene rings is 1. The van der Waals surface area contributed by atoms with Gasteiger partial charge in [0.1, 0.15) is 0 Å². The van der Waals surface area contributed by atoms with Gasteiger partial charge in [-0.1, -0.05) is 18.2 Å². The molecule has 3 nitrogen and oxygen atoms in total. The second kappa shape index (κ2) is 5.87. The van der Waals surface area contributed by atoms with Gasteiger partial charge in [0.2, 0.25) is 0 Å². The molecule has 88 valence electrons. The van der Waals surface area contributed by atoms with E-state index in [-0.39, 0.29) is 0 Å². The molecule has 0 saturated carbocycles. The third-order valence-electron chi connectivity index (χ3n) is 3.01. The lowest BCUT2D eigenvalue weighted by atomic mass is 10.1. The van der Waals surface area contributed by atoms with E-state index < -0.39 is 0 Å². The highest BCUT2D eigenvalue weighted by Crippen LogP contribution is 2.19. The van der Waals surface area contributed by atoms with Gasteiger partial charge in [-0.05, 0) is 31.9 Å². The van der Waals surface area contributed by atoms with Crippen molar-refractivity contribution in [1.82, 2.24) is 5.48 Å². The van der Waals surface area contributed by atoms with E-state index in [1.165, 1.54) is 5.69 Å². The number of rotatable bonds is 4. The van der Waals surface area contributed by atoms with Crippen LogP contribution >= 0.6 is 0 Å². The molecule has 1 heterocycles. The number of anilines is 1. The molecule has 0 atom stereocenters. The molecule has 0 spiro atoms. The van der Waals surface area contributed by atoms with Crippen LogP contribution in [-0.2, 0) is 4.84 Å². The summed E-state index contributed by atoms with van der Waals surface area (Å²) in [5.41, 5.74) is 4.45. The summed E-state index contributed by atoms with van der Waals surface area (Å²) in [6.45, 7) is 4.95. The van der Waals surface area contributed by atoms with Crippen molar-refractivity contribution in [3.8, 4) is 0 Å². The lowest BCUT2D eigenvalue weighted by Crippen LogP contribution is -2.42. The van der Waals surface area contributed by atoms with Crippen LogP contribution in [0.15, 0.2) is 30.3 Å². The number of nitrogens with zero attached hydrogens (tertiary/aromatic N) is 1. The molecule has 0 unspecified atom stereocenters. The average molecular weight is 220 g/mol. The fourth-order valence-electron chi connectivity index (χ4n) is 2.10. The molecule has 0 aliphatic carbocycles. The molecule has 2 rings (SSSR count). The fraction of sp³-hybridized carbons (Fsp3) is 0.538. The second-order valence-corrected chi connectivity index (χ2v) is 4.15. The van der Waals surface area contributed by atoms with Crippen LogP contribution in [0.4, 0.5) is 5.69 Å². The van der Waals surface area contributed by atoms with Crippen molar-refractivity contribution in [3.05, 3.63) is 30.3 Å². The molecule has 3 heteroatoms. The summed E-state index contributed by atoms with van der Waals surface area (Å²) < 4.78 is 0. The van der Waals surface area contributed by atoms with Crippen molar-refractivity contribution in [2.75, 3.05) is 24.6 Å². The Morgan fingerprint density at radius 1 is 1.25 bits per heavy atom. The summed E-state index contributed by atoms with van der Waals surface area (Å²) in [5.74, 6) is 0. The SMILES string of the molecule is CCONC1CCN(c2ccccc2)CC1. The molecule has 1 fully saturated rings. The van der Waals surface area contributed by atoms with Crippen LogP contribution in [0, 0.1) is 0 Å². The van der Waals surface area contributed by atoms with Crippen LogP contribution in [0.5, 0.6) is 0 Å². The molecule has 1 aliphatic heterocycles. The van der Waals surface area contributed by atoms with E-state index in [9.17, 15) is 0 Å². The highest BCUT2D eigenvalue weighted by molar-refractivity contribution is 5.46. The Hall–Kier alpha value is -1.06. The summed E-state index contributed by atoms with van der Waals surface area (Å²) in [4.78, 5) is 7.68. The summed E-state index contributed by atoms with van der Waals surface area (Å²) in [5, 5.41) is 0. The predicted molar refractivity (Wildman–Crippen MR) is 66.4 cm³/mol. The van der Waals surface area contributed by atoms with Crippen molar-refractivity contribution >= 4 is 5.69 Å². The van der Waals surface area contributed by atoms with Gasteiger partial charge in [0, 0.05) is 24.8 Å². The summed E-state index contributed by atoms with van der Waals surface area (Å²) in [6, 6.07) is 11.1. The second-order valence-electron chi connectivity index (χ2n) is 4.15. The standard InChI is InChI=1S/C13H20N2O/c1-2-16-14-12-8-10-15(11-9-12)13-6-4-3-5-7-13/h3-7,12,14H,2,8-11H2,1H3. The van der Waals surface area contributed by atoms with E-state index in [0.29, 0.717) is 6.04 Å². The van der Waals surface area contributed by atoms with E-state index in [0.717, 1.165) is 32.5 Å². The minimum Gasteiger partial charge on any atom is -0.371 e. The molecule has 1 aromatic rings. The molecule has 0 bridgehead atoms. The van der Waals surface area contributed by atoms with Gasteiger partial charge in [0.05, 0.1) is 6.61 Å². The van der Waals surface area contributed by atoms with Crippen LogP contribution in [0.2, 0.25) is 0 Å². The zero-order valence-electron chi connectivity index (χ0n) is 9.86. The maximum atomic E-state index is 5.25. The minimum absolute atomic E-state index is 0.514. The fourth-order valence-corrected chi connectivity index (χ4v) is 2.10. The number of hydrogen-bond donors (Lipinski definition) is 1. The molecule has 1 saturated heterocycles. The van der Waals surface area contributed by atoms with E-state index in [1.807, 2.05) is 6.92 Å². The largest absolute Gasteiger partial charge is 0.371 e. The van der Waals surface area contributed by atoms with Crippen LogP contribution in [-0.4, -0.2) is 25.7 Å². The van der Waals surface area contributed by atoms with Crippen LogP contribution < -0.4 is 10.4 Å².